The minimum Gasteiger partial charge on any atom is -0.0625 e. The first-order valence-electron chi connectivity index (χ1n) is 6.51. The number of benzene rings is 1. The molecule has 0 heterocycles. The van der Waals surface area contributed by atoms with E-state index in [4.69, 9.17) is 0 Å². The molecule has 0 aromatic heterocycles. The van der Waals surface area contributed by atoms with Crippen LogP contribution in [0.4, 0.5) is 0 Å². The van der Waals surface area contributed by atoms with E-state index in [1.165, 1.54) is 31.2 Å². The molecule has 0 nitrogen and oxygen atoms in total. The van der Waals surface area contributed by atoms with Crippen molar-refractivity contribution in [3.8, 4) is 0 Å². The van der Waals surface area contributed by atoms with Crippen molar-refractivity contribution >= 4 is 0 Å². The van der Waals surface area contributed by atoms with Gasteiger partial charge >= 0.3 is 0 Å². The number of hydrogen-bond donors (Lipinski definition) is 0. The molecule has 0 fully saturated rings. The van der Waals surface area contributed by atoms with Crippen LogP contribution in [0.1, 0.15) is 52.5 Å². The van der Waals surface area contributed by atoms with Gasteiger partial charge in [0.15, 0.2) is 0 Å². The molecule has 0 N–H and O–H groups in total. The van der Waals surface area contributed by atoms with Crippen LogP contribution in [0.5, 0.6) is 0 Å². The molecule has 0 saturated carbocycles. The molecule has 1 unspecified atom stereocenters. The Bertz CT molecular complexity index is 279. The molecule has 0 aliphatic heterocycles. The summed E-state index contributed by atoms with van der Waals surface area (Å²) in [5, 5.41) is 0. The Balaban J connectivity index is 2.21. The molecule has 1 rings (SSSR count). The average molecular weight is 218 g/mol. The van der Waals surface area contributed by atoms with Gasteiger partial charge in [-0.25, -0.2) is 0 Å². The van der Waals surface area contributed by atoms with E-state index in [9.17, 15) is 0 Å². The van der Waals surface area contributed by atoms with E-state index in [-0.39, 0.29) is 0 Å². The van der Waals surface area contributed by atoms with Crippen LogP contribution in [0.3, 0.4) is 0 Å². The molecule has 90 valence electrons. The summed E-state index contributed by atoms with van der Waals surface area (Å²) >= 11 is 0. The van der Waals surface area contributed by atoms with Gasteiger partial charge in [0, 0.05) is 0 Å². The van der Waals surface area contributed by atoms with Crippen LogP contribution < -0.4 is 0 Å². The molecular formula is C16H26. The Morgan fingerprint density at radius 1 is 1.06 bits per heavy atom. The molecule has 0 bridgehead atoms. The van der Waals surface area contributed by atoms with E-state index in [0.717, 1.165) is 5.92 Å². The number of hydrogen-bond acceptors (Lipinski definition) is 0. The monoisotopic (exact) mass is 218 g/mol. The summed E-state index contributed by atoms with van der Waals surface area (Å²) in [6.07, 6.45) is 5.24. The highest BCUT2D eigenvalue weighted by Crippen LogP contribution is 2.26. The Hall–Kier alpha value is -0.780. The zero-order valence-corrected chi connectivity index (χ0v) is 11.3. The molecular weight excluding hydrogens is 192 g/mol. The van der Waals surface area contributed by atoms with Gasteiger partial charge in [0.25, 0.3) is 0 Å². The van der Waals surface area contributed by atoms with Crippen LogP contribution >= 0.6 is 0 Å². The van der Waals surface area contributed by atoms with E-state index >= 15 is 0 Å². The second kappa shape index (κ2) is 6.08. The van der Waals surface area contributed by atoms with Gasteiger partial charge in [-0.3, -0.25) is 0 Å². The molecule has 1 aromatic carbocycles. The lowest BCUT2D eigenvalue weighted by Gasteiger charge is -2.23. The Morgan fingerprint density at radius 2 is 1.69 bits per heavy atom. The molecule has 0 aliphatic rings. The lowest BCUT2D eigenvalue weighted by molar-refractivity contribution is 0.293. The summed E-state index contributed by atoms with van der Waals surface area (Å²) in [6.45, 7) is 9.39. The van der Waals surface area contributed by atoms with E-state index in [2.05, 4.69) is 58.0 Å². The van der Waals surface area contributed by atoms with Crippen molar-refractivity contribution in [2.75, 3.05) is 0 Å². The predicted molar refractivity (Wildman–Crippen MR) is 72.6 cm³/mol. The van der Waals surface area contributed by atoms with Gasteiger partial charge < -0.3 is 0 Å². The van der Waals surface area contributed by atoms with E-state index in [0.29, 0.717) is 5.41 Å². The largest absolute Gasteiger partial charge is 0.0625 e. The number of aryl methyl sites for hydroxylation is 1. The van der Waals surface area contributed by atoms with E-state index in [1.54, 1.807) is 0 Å². The summed E-state index contributed by atoms with van der Waals surface area (Å²) in [6, 6.07) is 10.8. The van der Waals surface area contributed by atoms with Gasteiger partial charge in [-0.2, -0.15) is 0 Å². The normalized spacial score (nSPS) is 13.8. The smallest absolute Gasteiger partial charge is 0.0279 e. The highest BCUT2D eigenvalue weighted by Gasteiger charge is 2.14. The second-order valence-corrected chi connectivity index (χ2v) is 6.25. The topological polar surface area (TPSA) is 0 Å². The van der Waals surface area contributed by atoms with Crippen molar-refractivity contribution in [3.05, 3.63) is 35.9 Å². The van der Waals surface area contributed by atoms with Crippen molar-refractivity contribution in [2.24, 2.45) is 11.3 Å². The SMILES string of the molecule is CC(CCCc1ccccc1)CC(C)(C)C. The maximum absolute atomic E-state index is 2.39. The Kier molecular flexibility index (Phi) is 5.05. The minimum absolute atomic E-state index is 0.478. The average Bonchev–Trinajstić information content (AvgIpc) is 2.16. The first-order valence-corrected chi connectivity index (χ1v) is 6.51. The summed E-state index contributed by atoms with van der Waals surface area (Å²) < 4.78 is 0. The van der Waals surface area contributed by atoms with Crippen molar-refractivity contribution in [1.82, 2.24) is 0 Å². The highest BCUT2D eigenvalue weighted by atomic mass is 14.2. The van der Waals surface area contributed by atoms with Gasteiger partial charge in [-0.1, -0.05) is 64.4 Å². The molecule has 0 heteroatoms. The fraction of sp³-hybridized carbons (Fsp3) is 0.625. The van der Waals surface area contributed by atoms with Gasteiger partial charge in [-0.05, 0) is 36.2 Å². The van der Waals surface area contributed by atoms with Crippen LogP contribution in [0.25, 0.3) is 0 Å². The summed E-state index contributed by atoms with van der Waals surface area (Å²) in [5.41, 5.74) is 1.96. The van der Waals surface area contributed by atoms with Crippen LogP contribution in [-0.4, -0.2) is 0 Å². The molecule has 0 aliphatic carbocycles. The van der Waals surface area contributed by atoms with Gasteiger partial charge in [0.2, 0.25) is 0 Å². The molecule has 1 aromatic rings. The Labute approximate surface area is 101 Å². The van der Waals surface area contributed by atoms with Crippen molar-refractivity contribution in [1.29, 1.82) is 0 Å². The molecule has 1 atom stereocenters. The summed E-state index contributed by atoms with van der Waals surface area (Å²) in [5.74, 6) is 0.851. The third-order valence-corrected chi connectivity index (χ3v) is 2.97. The molecule has 0 spiro atoms. The first kappa shape index (κ1) is 13.3. The minimum atomic E-state index is 0.478. The quantitative estimate of drug-likeness (QED) is 0.646. The van der Waals surface area contributed by atoms with Crippen LogP contribution in [0, 0.1) is 11.3 Å². The molecule has 0 saturated heterocycles. The Morgan fingerprint density at radius 3 is 2.25 bits per heavy atom. The van der Waals surface area contributed by atoms with E-state index < -0.39 is 0 Å². The standard InChI is InChI=1S/C16H26/c1-14(13-16(2,3)4)9-8-12-15-10-6-5-7-11-15/h5-7,10-11,14H,8-9,12-13H2,1-4H3. The maximum atomic E-state index is 2.39. The second-order valence-electron chi connectivity index (χ2n) is 6.25. The van der Waals surface area contributed by atoms with Gasteiger partial charge in [0.05, 0.1) is 0 Å². The first-order chi connectivity index (χ1) is 7.47. The maximum Gasteiger partial charge on any atom is -0.0279 e. The fourth-order valence-electron chi connectivity index (χ4n) is 2.45. The third kappa shape index (κ3) is 5.95. The summed E-state index contributed by atoms with van der Waals surface area (Å²) in [7, 11) is 0. The zero-order chi connectivity index (χ0) is 12.0. The lowest BCUT2D eigenvalue weighted by Crippen LogP contribution is -2.11. The molecule has 16 heavy (non-hydrogen) atoms. The van der Waals surface area contributed by atoms with Gasteiger partial charge in [0.1, 0.15) is 0 Å². The van der Waals surface area contributed by atoms with Crippen molar-refractivity contribution < 1.29 is 0 Å². The van der Waals surface area contributed by atoms with Gasteiger partial charge in [-0.15, -0.1) is 0 Å². The lowest BCUT2D eigenvalue weighted by atomic mass is 9.83. The fourth-order valence-corrected chi connectivity index (χ4v) is 2.45. The third-order valence-electron chi connectivity index (χ3n) is 2.97. The van der Waals surface area contributed by atoms with Crippen molar-refractivity contribution in [3.63, 3.8) is 0 Å². The van der Waals surface area contributed by atoms with E-state index in [1.807, 2.05) is 0 Å². The zero-order valence-electron chi connectivity index (χ0n) is 11.3. The van der Waals surface area contributed by atoms with Crippen molar-refractivity contribution in [2.45, 2.75) is 53.4 Å². The number of rotatable bonds is 5. The summed E-state index contributed by atoms with van der Waals surface area (Å²) in [4.78, 5) is 0. The predicted octanol–water partition coefficient (Wildman–Crippen LogP) is 5.08. The van der Waals surface area contributed by atoms with Crippen LogP contribution in [0.2, 0.25) is 0 Å². The molecule has 0 amide bonds. The highest BCUT2D eigenvalue weighted by molar-refractivity contribution is 5.14. The molecule has 0 radical (unpaired) electrons. The van der Waals surface area contributed by atoms with Crippen LogP contribution in [0.15, 0.2) is 30.3 Å². The van der Waals surface area contributed by atoms with Crippen LogP contribution in [-0.2, 0) is 6.42 Å².